The summed E-state index contributed by atoms with van der Waals surface area (Å²) >= 11 is 0. The van der Waals surface area contributed by atoms with Crippen LogP contribution >= 0.6 is 0 Å². The van der Waals surface area contributed by atoms with Gasteiger partial charge in [0.2, 0.25) is 0 Å². The highest BCUT2D eigenvalue weighted by atomic mass is 19.1. The van der Waals surface area contributed by atoms with Gasteiger partial charge in [0, 0.05) is 19.0 Å². The molecule has 15 heavy (non-hydrogen) atoms. The summed E-state index contributed by atoms with van der Waals surface area (Å²) in [6.07, 6.45) is 0.557. The van der Waals surface area contributed by atoms with Crippen LogP contribution < -0.4 is 5.73 Å². The molecule has 1 fully saturated rings. The zero-order valence-corrected chi connectivity index (χ0v) is 8.64. The number of nitrogens with zero attached hydrogens (tertiary/aromatic N) is 2. The largest absolute Gasteiger partial charge is 0.409 e. The number of aliphatic hydroxyl groups is 1. The maximum atomic E-state index is 12.2. The van der Waals surface area contributed by atoms with E-state index >= 15 is 0 Å². The summed E-state index contributed by atoms with van der Waals surface area (Å²) in [5, 5.41) is 20.9. The van der Waals surface area contributed by atoms with Crippen molar-refractivity contribution in [3.05, 3.63) is 0 Å². The zero-order valence-electron chi connectivity index (χ0n) is 8.64. The quantitative estimate of drug-likeness (QED) is 0.264. The van der Waals surface area contributed by atoms with Crippen LogP contribution in [0.1, 0.15) is 12.8 Å². The van der Waals surface area contributed by atoms with Crippen LogP contribution in [0.25, 0.3) is 0 Å². The topological polar surface area (TPSA) is 82.1 Å². The minimum atomic E-state index is -0.427. The Kier molecular flexibility index (Phi) is 4.77. The molecule has 1 heterocycles. The van der Waals surface area contributed by atoms with Crippen molar-refractivity contribution in [2.45, 2.75) is 18.9 Å². The minimum absolute atomic E-state index is 0.0461. The third kappa shape index (κ3) is 3.64. The standard InChI is InChI=1S/C9H18FN3O2/c10-3-1-7-5-13(4-2-8(7)14)6-9(11)12-15/h7-8,14-15H,1-6H2,(H2,11,12)/t7-,8+/m1/s1. The first-order valence-corrected chi connectivity index (χ1v) is 5.10. The Morgan fingerprint density at radius 2 is 2.33 bits per heavy atom. The van der Waals surface area contributed by atoms with Crippen LogP contribution in [0.15, 0.2) is 5.16 Å². The summed E-state index contributed by atoms with van der Waals surface area (Å²) in [4.78, 5) is 1.96. The van der Waals surface area contributed by atoms with Crippen molar-refractivity contribution < 1.29 is 14.7 Å². The molecule has 0 aromatic rings. The number of likely N-dealkylation sites (tertiary alicyclic amines) is 1. The van der Waals surface area contributed by atoms with Gasteiger partial charge in [-0.25, -0.2) is 0 Å². The van der Waals surface area contributed by atoms with Gasteiger partial charge in [0.25, 0.3) is 0 Å². The summed E-state index contributed by atoms with van der Waals surface area (Å²) in [6, 6.07) is 0. The number of piperidine rings is 1. The first-order chi connectivity index (χ1) is 7.17. The monoisotopic (exact) mass is 219 g/mol. The third-order valence-electron chi connectivity index (χ3n) is 2.77. The Balaban J connectivity index is 2.42. The second-order valence-corrected chi connectivity index (χ2v) is 3.92. The van der Waals surface area contributed by atoms with Crippen molar-refractivity contribution in [1.82, 2.24) is 4.90 Å². The van der Waals surface area contributed by atoms with Crippen molar-refractivity contribution in [2.24, 2.45) is 16.8 Å². The lowest BCUT2D eigenvalue weighted by Gasteiger charge is -2.35. The third-order valence-corrected chi connectivity index (χ3v) is 2.77. The molecular formula is C9H18FN3O2. The number of halogens is 1. The lowest BCUT2D eigenvalue weighted by molar-refractivity contribution is 0.0255. The number of hydrogen-bond donors (Lipinski definition) is 3. The van der Waals surface area contributed by atoms with Gasteiger partial charge in [-0.2, -0.15) is 0 Å². The van der Waals surface area contributed by atoms with Crippen molar-refractivity contribution in [2.75, 3.05) is 26.3 Å². The maximum absolute atomic E-state index is 12.2. The molecule has 0 saturated carbocycles. The summed E-state index contributed by atoms with van der Waals surface area (Å²) in [6.45, 7) is 1.24. The first kappa shape index (κ1) is 12.2. The van der Waals surface area contributed by atoms with E-state index < -0.39 is 12.8 Å². The Bertz CT molecular complexity index is 225. The summed E-state index contributed by atoms with van der Waals surface area (Å²) in [7, 11) is 0. The van der Waals surface area contributed by atoms with Gasteiger partial charge in [0.15, 0.2) is 5.84 Å². The van der Waals surface area contributed by atoms with Gasteiger partial charge >= 0.3 is 0 Å². The summed E-state index contributed by atoms with van der Waals surface area (Å²) in [5.41, 5.74) is 5.38. The molecule has 1 aliphatic rings. The molecule has 6 heteroatoms. The number of oxime groups is 1. The highest BCUT2D eigenvalue weighted by Gasteiger charge is 2.27. The molecule has 1 saturated heterocycles. The average Bonchev–Trinajstić information content (AvgIpc) is 2.23. The van der Waals surface area contributed by atoms with Gasteiger partial charge in [-0.1, -0.05) is 5.16 Å². The van der Waals surface area contributed by atoms with E-state index in [2.05, 4.69) is 5.16 Å². The van der Waals surface area contributed by atoms with E-state index in [1.165, 1.54) is 0 Å². The highest BCUT2D eigenvalue weighted by molar-refractivity contribution is 5.81. The second kappa shape index (κ2) is 5.87. The lowest BCUT2D eigenvalue weighted by Crippen LogP contribution is -2.46. The molecule has 0 radical (unpaired) electrons. The van der Waals surface area contributed by atoms with E-state index in [0.717, 1.165) is 0 Å². The van der Waals surface area contributed by atoms with Crippen LogP contribution in [-0.2, 0) is 0 Å². The average molecular weight is 219 g/mol. The van der Waals surface area contributed by atoms with E-state index in [1.54, 1.807) is 0 Å². The van der Waals surface area contributed by atoms with Gasteiger partial charge in [-0.05, 0) is 12.8 Å². The highest BCUT2D eigenvalue weighted by Crippen LogP contribution is 2.20. The van der Waals surface area contributed by atoms with Crippen LogP contribution in [0.5, 0.6) is 0 Å². The van der Waals surface area contributed by atoms with E-state index in [1.807, 2.05) is 4.90 Å². The van der Waals surface area contributed by atoms with Gasteiger partial charge < -0.3 is 16.0 Å². The molecule has 4 N–H and O–H groups in total. The van der Waals surface area contributed by atoms with Crippen molar-refractivity contribution in [1.29, 1.82) is 0 Å². The molecule has 0 aromatic carbocycles. The van der Waals surface area contributed by atoms with Crippen LogP contribution in [0, 0.1) is 5.92 Å². The molecule has 0 spiro atoms. The molecular weight excluding hydrogens is 201 g/mol. The molecule has 0 bridgehead atoms. The molecule has 2 atom stereocenters. The van der Waals surface area contributed by atoms with Gasteiger partial charge in [-0.3, -0.25) is 9.29 Å². The lowest BCUT2D eigenvalue weighted by atomic mass is 9.92. The van der Waals surface area contributed by atoms with E-state index in [4.69, 9.17) is 10.9 Å². The fourth-order valence-electron chi connectivity index (χ4n) is 1.92. The maximum Gasteiger partial charge on any atom is 0.153 e. The number of hydrogen-bond acceptors (Lipinski definition) is 4. The number of rotatable bonds is 4. The van der Waals surface area contributed by atoms with E-state index in [-0.39, 0.29) is 11.8 Å². The number of nitrogens with two attached hydrogens (primary N) is 1. The van der Waals surface area contributed by atoms with E-state index in [9.17, 15) is 9.50 Å². The van der Waals surface area contributed by atoms with E-state index in [0.29, 0.717) is 32.5 Å². The van der Waals surface area contributed by atoms with Crippen LogP contribution in [0.2, 0.25) is 0 Å². The zero-order chi connectivity index (χ0) is 11.3. The van der Waals surface area contributed by atoms with Gasteiger partial charge in [0.1, 0.15) is 0 Å². The summed E-state index contributed by atoms with van der Waals surface area (Å²) in [5.74, 6) is 0.0978. The number of alkyl halides is 1. The predicted molar refractivity (Wildman–Crippen MR) is 54.6 cm³/mol. The van der Waals surface area contributed by atoms with Crippen LogP contribution in [0.4, 0.5) is 4.39 Å². The molecule has 0 aliphatic carbocycles. The summed E-state index contributed by atoms with van der Waals surface area (Å²) < 4.78 is 12.2. The first-order valence-electron chi connectivity index (χ1n) is 5.10. The minimum Gasteiger partial charge on any atom is -0.409 e. The van der Waals surface area contributed by atoms with Gasteiger partial charge in [-0.15, -0.1) is 0 Å². The number of amidine groups is 1. The molecule has 0 unspecified atom stereocenters. The van der Waals surface area contributed by atoms with Crippen molar-refractivity contribution in [3.8, 4) is 0 Å². The molecule has 1 rings (SSSR count). The van der Waals surface area contributed by atoms with Crippen LogP contribution in [0.3, 0.4) is 0 Å². The molecule has 5 nitrogen and oxygen atoms in total. The second-order valence-electron chi connectivity index (χ2n) is 3.92. The Morgan fingerprint density at radius 3 is 2.93 bits per heavy atom. The SMILES string of the molecule is NC(CN1CC[C@H](O)[C@H](CCF)C1)=NO. The number of aliphatic hydroxyl groups excluding tert-OH is 1. The molecule has 0 amide bonds. The normalized spacial score (nSPS) is 29.3. The Hall–Kier alpha value is -0.880. The van der Waals surface area contributed by atoms with Crippen molar-refractivity contribution in [3.63, 3.8) is 0 Å². The Morgan fingerprint density at radius 1 is 1.60 bits per heavy atom. The Labute approximate surface area is 88.4 Å². The molecule has 88 valence electrons. The smallest absolute Gasteiger partial charge is 0.153 e. The molecule has 1 aliphatic heterocycles. The van der Waals surface area contributed by atoms with Gasteiger partial charge in [0.05, 0.1) is 19.3 Å². The van der Waals surface area contributed by atoms with Crippen molar-refractivity contribution >= 4 is 5.84 Å². The molecule has 0 aromatic heterocycles. The van der Waals surface area contributed by atoms with Crippen LogP contribution in [-0.4, -0.2) is 53.5 Å². The fraction of sp³-hybridized carbons (Fsp3) is 0.889. The fourth-order valence-corrected chi connectivity index (χ4v) is 1.92. The predicted octanol–water partition coefficient (Wildman–Crippen LogP) is -0.225.